The lowest BCUT2D eigenvalue weighted by molar-refractivity contribution is 0.0975. The molecule has 0 aromatic heterocycles. The van der Waals surface area contributed by atoms with E-state index in [0.717, 1.165) is 25.2 Å². The zero-order valence-electron chi connectivity index (χ0n) is 10.9. The van der Waals surface area contributed by atoms with E-state index in [1.807, 2.05) is 0 Å². The number of ether oxygens (including phenoxy) is 1. The van der Waals surface area contributed by atoms with Crippen molar-refractivity contribution < 1.29 is 13.9 Å². The van der Waals surface area contributed by atoms with Crippen molar-refractivity contribution in [3.8, 4) is 5.75 Å². The van der Waals surface area contributed by atoms with Gasteiger partial charge < -0.3 is 4.74 Å². The Morgan fingerprint density at radius 1 is 1.28 bits per heavy atom. The molecule has 2 nitrogen and oxygen atoms in total. The van der Waals surface area contributed by atoms with Gasteiger partial charge in [-0.2, -0.15) is 0 Å². The van der Waals surface area contributed by atoms with Crippen molar-refractivity contribution in [2.75, 3.05) is 0 Å². The summed E-state index contributed by atoms with van der Waals surface area (Å²) in [6.45, 7) is 4.49. The number of hydrogen-bond acceptors (Lipinski definition) is 2. The molecule has 0 radical (unpaired) electrons. The average molecular weight is 250 g/mol. The van der Waals surface area contributed by atoms with Gasteiger partial charge in [0.05, 0.1) is 11.7 Å². The molecule has 1 fully saturated rings. The van der Waals surface area contributed by atoms with Gasteiger partial charge in [-0.05, 0) is 49.3 Å². The summed E-state index contributed by atoms with van der Waals surface area (Å²) in [5, 5.41) is 0. The van der Waals surface area contributed by atoms with Crippen LogP contribution in [0.2, 0.25) is 0 Å². The highest BCUT2D eigenvalue weighted by Gasteiger charge is 2.26. The van der Waals surface area contributed by atoms with Gasteiger partial charge in [-0.25, -0.2) is 4.39 Å². The highest BCUT2D eigenvalue weighted by atomic mass is 19.1. The Kier molecular flexibility index (Phi) is 4.00. The van der Waals surface area contributed by atoms with E-state index in [-0.39, 0.29) is 6.10 Å². The van der Waals surface area contributed by atoms with Crippen LogP contribution in [0.1, 0.15) is 43.5 Å². The van der Waals surface area contributed by atoms with Gasteiger partial charge in [0.1, 0.15) is 11.6 Å². The summed E-state index contributed by atoms with van der Waals surface area (Å²) < 4.78 is 18.9. The molecular weight excluding hydrogens is 231 g/mol. The van der Waals surface area contributed by atoms with Gasteiger partial charge in [0, 0.05) is 0 Å². The zero-order chi connectivity index (χ0) is 13.1. The highest BCUT2D eigenvalue weighted by molar-refractivity contribution is 5.79. The molecule has 1 aromatic rings. The van der Waals surface area contributed by atoms with E-state index in [0.29, 0.717) is 23.5 Å². The summed E-state index contributed by atoms with van der Waals surface area (Å²) in [7, 11) is 0. The number of hydrogen-bond donors (Lipinski definition) is 0. The third kappa shape index (κ3) is 2.89. The molecule has 98 valence electrons. The van der Waals surface area contributed by atoms with E-state index >= 15 is 0 Å². The minimum absolute atomic E-state index is 0.139. The number of benzene rings is 1. The number of aldehydes is 1. The molecule has 1 aliphatic carbocycles. The van der Waals surface area contributed by atoms with Crippen LogP contribution < -0.4 is 4.74 Å². The Morgan fingerprint density at radius 2 is 2.06 bits per heavy atom. The predicted octanol–water partition coefficient (Wildman–Crippen LogP) is 3.84. The smallest absolute Gasteiger partial charge is 0.153 e. The number of halogens is 1. The van der Waals surface area contributed by atoms with E-state index in [2.05, 4.69) is 13.8 Å². The first-order chi connectivity index (χ1) is 8.60. The first-order valence-electron chi connectivity index (χ1n) is 6.51. The maximum atomic E-state index is 13.0. The fourth-order valence-electron chi connectivity index (χ4n) is 2.50. The van der Waals surface area contributed by atoms with Crippen molar-refractivity contribution in [2.24, 2.45) is 11.8 Å². The molecular formula is C15H19FO2. The van der Waals surface area contributed by atoms with Crippen LogP contribution in [-0.4, -0.2) is 12.4 Å². The largest absolute Gasteiger partial charge is 0.490 e. The molecule has 3 heteroatoms. The third-order valence-electron chi connectivity index (χ3n) is 3.94. The first-order valence-corrected chi connectivity index (χ1v) is 6.51. The van der Waals surface area contributed by atoms with Crippen molar-refractivity contribution in [1.82, 2.24) is 0 Å². The number of carbonyl (C=O) groups is 1. The minimum atomic E-state index is -0.407. The fraction of sp³-hybridized carbons (Fsp3) is 0.533. The molecule has 1 aromatic carbocycles. The van der Waals surface area contributed by atoms with Gasteiger partial charge in [0.25, 0.3) is 0 Å². The molecule has 0 saturated heterocycles. The lowest BCUT2D eigenvalue weighted by Gasteiger charge is -2.32. The molecule has 1 aliphatic rings. The van der Waals surface area contributed by atoms with E-state index in [4.69, 9.17) is 4.74 Å². The Bertz CT molecular complexity index is 431. The average Bonchev–Trinajstić information content (AvgIpc) is 2.36. The highest BCUT2D eigenvalue weighted by Crippen LogP contribution is 2.32. The predicted molar refractivity (Wildman–Crippen MR) is 68.4 cm³/mol. The molecule has 0 heterocycles. The SMILES string of the molecule is CC1CCC(Oc2ccc(F)cc2C=O)CC1C. The molecule has 0 spiro atoms. The van der Waals surface area contributed by atoms with Crippen molar-refractivity contribution in [3.05, 3.63) is 29.6 Å². The van der Waals surface area contributed by atoms with Crippen LogP contribution in [0.25, 0.3) is 0 Å². The van der Waals surface area contributed by atoms with Crippen LogP contribution in [0, 0.1) is 17.7 Å². The van der Waals surface area contributed by atoms with E-state index in [1.165, 1.54) is 12.1 Å². The van der Waals surface area contributed by atoms with Gasteiger partial charge in [0.15, 0.2) is 6.29 Å². The molecule has 0 aliphatic heterocycles. The van der Waals surface area contributed by atoms with E-state index in [1.54, 1.807) is 6.07 Å². The van der Waals surface area contributed by atoms with Crippen LogP contribution in [0.4, 0.5) is 4.39 Å². The van der Waals surface area contributed by atoms with Gasteiger partial charge in [-0.1, -0.05) is 13.8 Å². The third-order valence-corrected chi connectivity index (χ3v) is 3.94. The van der Waals surface area contributed by atoms with Crippen LogP contribution in [0.15, 0.2) is 18.2 Å². The second kappa shape index (κ2) is 5.51. The number of carbonyl (C=O) groups excluding carboxylic acids is 1. The zero-order valence-corrected chi connectivity index (χ0v) is 10.9. The Labute approximate surface area is 107 Å². The molecule has 0 amide bonds. The monoisotopic (exact) mass is 250 g/mol. The van der Waals surface area contributed by atoms with Crippen molar-refractivity contribution in [1.29, 1.82) is 0 Å². The van der Waals surface area contributed by atoms with Gasteiger partial charge in [-0.15, -0.1) is 0 Å². The maximum absolute atomic E-state index is 13.0. The van der Waals surface area contributed by atoms with E-state index < -0.39 is 5.82 Å². The minimum Gasteiger partial charge on any atom is -0.490 e. The Morgan fingerprint density at radius 3 is 2.72 bits per heavy atom. The van der Waals surface area contributed by atoms with Crippen LogP contribution in [0.3, 0.4) is 0 Å². The lowest BCUT2D eigenvalue weighted by Crippen LogP contribution is -2.29. The van der Waals surface area contributed by atoms with Crippen LogP contribution >= 0.6 is 0 Å². The standard InChI is InChI=1S/C15H19FO2/c1-10-3-5-14(7-11(10)2)18-15-6-4-13(16)8-12(15)9-17/h4,6,8-11,14H,3,5,7H2,1-2H3. The molecule has 3 atom stereocenters. The van der Waals surface area contributed by atoms with Crippen LogP contribution in [0.5, 0.6) is 5.75 Å². The maximum Gasteiger partial charge on any atom is 0.153 e. The van der Waals surface area contributed by atoms with Crippen LogP contribution in [-0.2, 0) is 0 Å². The lowest BCUT2D eigenvalue weighted by atomic mass is 9.80. The fourth-order valence-corrected chi connectivity index (χ4v) is 2.50. The first kappa shape index (κ1) is 13.1. The Balaban J connectivity index is 2.07. The molecule has 0 bridgehead atoms. The van der Waals surface area contributed by atoms with E-state index in [9.17, 15) is 9.18 Å². The normalized spacial score (nSPS) is 27.8. The van der Waals surface area contributed by atoms with Gasteiger partial charge in [0.2, 0.25) is 0 Å². The second-order valence-corrected chi connectivity index (χ2v) is 5.31. The topological polar surface area (TPSA) is 26.3 Å². The molecule has 2 rings (SSSR count). The summed E-state index contributed by atoms with van der Waals surface area (Å²) in [6.07, 6.45) is 3.93. The van der Waals surface area contributed by atoms with Crippen molar-refractivity contribution in [3.63, 3.8) is 0 Å². The summed E-state index contributed by atoms with van der Waals surface area (Å²) in [5.74, 6) is 1.45. The summed E-state index contributed by atoms with van der Waals surface area (Å²) >= 11 is 0. The summed E-state index contributed by atoms with van der Waals surface area (Å²) in [6, 6.07) is 4.09. The Hall–Kier alpha value is -1.38. The summed E-state index contributed by atoms with van der Waals surface area (Å²) in [4.78, 5) is 10.9. The molecule has 3 unspecified atom stereocenters. The quantitative estimate of drug-likeness (QED) is 0.762. The number of rotatable bonds is 3. The van der Waals surface area contributed by atoms with Crippen molar-refractivity contribution >= 4 is 6.29 Å². The molecule has 18 heavy (non-hydrogen) atoms. The molecule has 0 N–H and O–H groups in total. The van der Waals surface area contributed by atoms with Gasteiger partial charge in [-0.3, -0.25) is 4.79 Å². The van der Waals surface area contributed by atoms with Crippen molar-refractivity contribution in [2.45, 2.75) is 39.2 Å². The summed E-state index contributed by atoms with van der Waals surface area (Å²) in [5.41, 5.74) is 0.293. The second-order valence-electron chi connectivity index (χ2n) is 5.31. The molecule has 1 saturated carbocycles. The van der Waals surface area contributed by atoms with Gasteiger partial charge >= 0.3 is 0 Å².